The van der Waals surface area contributed by atoms with E-state index < -0.39 is 0 Å². The minimum Gasteiger partial charge on any atom is -0.495 e. The van der Waals surface area contributed by atoms with Crippen LogP contribution in [0.5, 0.6) is 5.75 Å². The fraction of sp³-hybridized carbons (Fsp3) is 0.355. The van der Waals surface area contributed by atoms with Crippen molar-refractivity contribution in [2.24, 2.45) is 0 Å². The highest BCUT2D eigenvalue weighted by Crippen LogP contribution is 2.32. The minimum atomic E-state index is -0.325. The van der Waals surface area contributed by atoms with E-state index in [0.29, 0.717) is 11.3 Å². The van der Waals surface area contributed by atoms with Crippen molar-refractivity contribution in [1.82, 2.24) is 4.90 Å². The lowest BCUT2D eigenvalue weighted by Gasteiger charge is -2.38. The highest BCUT2D eigenvalue weighted by Gasteiger charge is 2.27. The molecule has 3 amide bonds. The number of ether oxygens (including phenoxy) is 1. The molecule has 0 aliphatic carbocycles. The molecule has 0 bridgehead atoms. The van der Waals surface area contributed by atoms with Gasteiger partial charge in [-0.15, -0.1) is 0 Å². The smallest absolute Gasteiger partial charge is 0.323 e. The highest BCUT2D eigenvalue weighted by molar-refractivity contribution is 6.04. The van der Waals surface area contributed by atoms with Gasteiger partial charge in [0.05, 0.1) is 18.4 Å². The summed E-state index contributed by atoms with van der Waals surface area (Å²) in [5, 5.41) is 5.89. The quantitative estimate of drug-likeness (QED) is 0.427. The Labute approximate surface area is 230 Å². The van der Waals surface area contributed by atoms with Gasteiger partial charge in [0, 0.05) is 56.3 Å². The van der Waals surface area contributed by atoms with Crippen LogP contribution in [0, 0.1) is 0 Å². The highest BCUT2D eigenvalue weighted by atomic mass is 16.5. The number of methoxy groups -OCH3 is 1. The minimum absolute atomic E-state index is 0.0232. The first-order valence-electron chi connectivity index (χ1n) is 13.8. The van der Waals surface area contributed by atoms with Crippen molar-refractivity contribution in [3.63, 3.8) is 0 Å². The summed E-state index contributed by atoms with van der Waals surface area (Å²) >= 11 is 0. The van der Waals surface area contributed by atoms with Crippen LogP contribution < -0.4 is 25.2 Å². The number of hydrogen-bond donors (Lipinski definition) is 2. The van der Waals surface area contributed by atoms with Gasteiger partial charge in [0.2, 0.25) is 0 Å². The summed E-state index contributed by atoms with van der Waals surface area (Å²) in [5.41, 5.74) is 5.09. The van der Waals surface area contributed by atoms with E-state index in [2.05, 4.69) is 33.4 Å². The van der Waals surface area contributed by atoms with Crippen LogP contribution >= 0.6 is 0 Å². The number of likely N-dealkylation sites (tertiary alicyclic amines) is 1. The van der Waals surface area contributed by atoms with Gasteiger partial charge in [0.15, 0.2) is 0 Å². The molecule has 8 nitrogen and oxygen atoms in total. The summed E-state index contributed by atoms with van der Waals surface area (Å²) in [5.74, 6) is 0.890. The Morgan fingerprint density at radius 3 is 2.18 bits per heavy atom. The zero-order valence-electron chi connectivity index (χ0n) is 22.8. The maximum absolute atomic E-state index is 13.6. The second-order valence-electron chi connectivity index (χ2n) is 9.97. The molecular formula is C31H37N5O3. The molecule has 0 radical (unpaired) electrons. The van der Waals surface area contributed by atoms with Crippen molar-refractivity contribution in [3.05, 3.63) is 77.9 Å². The predicted molar refractivity (Wildman–Crippen MR) is 157 cm³/mol. The lowest BCUT2D eigenvalue weighted by Crippen LogP contribution is -2.47. The molecule has 5 rings (SSSR count). The molecular weight excluding hydrogens is 490 g/mol. The van der Waals surface area contributed by atoms with Crippen molar-refractivity contribution < 1.29 is 14.3 Å². The van der Waals surface area contributed by atoms with Gasteiger partial charge in [0.1, 0.15) is 5.75 Å². The van der Waals surface area contributed by atoms with Crippen LogP contribution in [0.15, 0.2) is 66.7 Å². The SMILES string of the molecule is CCc1ccccc1NC(=O)Nc1ccc(N2CCN(c3ccccc3OC)CC2)c(C(=O)N2CCCC2)c1. The lowest BCUT2D eigenvalue weighted by molar-refractivity contribution is 0.0793. The van der Waals surface area contributed by atoms with Crippen molar-refractivity contribution >= 4 is 34.7 Å². The fourth-order valence-electron chi connectivity index (χ4n) is 5.47. The number of hydrogen-bond acceptors (Lipinski definition) is 5. The van der Waals surface area contributed by atoms with Crippen molar-refractivity contribution in [2.45, 2.75) is 26.2 Å². The number of nitrogens with one attached hydrogen (secondary N) is 2. The van der Waals surface area contributed by atoms with Crippen LogP contribution in [-0.4, -0.2) is 63.2 Å². The molecule has 2 aliphatic rings. The van der Waals surface area contributed by atoms with Crippen LogP contribution in [0.4, 0.5) is 27.5 Å². The third-order valence-electron chi connectivity index (χ3n) is 7.57. The summed E-state index contributed by atoms with van der Waals surface area (Å²) in [6, 6.07) is 21.2. The third kappa shape index (κ3) is 5.95. The molecule has 0 aromatic heterocycles. The van der Waals surface area contributed by atoms with Crippen molar-refractivity contribution in [2.75, 3.05) is 66.8 Å². The van der Waals surface area contributed by atoms with E-state index in [0.717, 1.165) is 86.9 Å². The number of urea groups is 1. The van der Waals surface area contributed by atoms with Gasteiger partial charge >= 0.3 is 6.03 Å². The second kappa shape index (κ2) is 12.1. The second-order valence-corrected chi connectivity index (χ2v) is 9.97. The van der Waals surface area contributed by atoms with Crippen molar-refractivity contribution in [1.29, 1.82) is 0 Å². The molecule has 0 unspecified atom stereocenters. The number of anilines is 4. The van der Waals surface area contributed by atoms with E-state index in [1.165, 1.54) is 0 Å². The molecule has 0 atom stereocenters. The molecule has 39 heavy (non-hydrogen) atoms. The lowest BCUT2D eigenvalue weighted by atomic mass is 10.1. The van der Waals surface area contributed by atoms with Crippen molar-refractivity contribution in [3.8, 4) is 5.75 Å². The normalized spacial score (nSPS) is 15.3. The standard InChI is InChI=1S/C31H37N5O3/c1-3-23-10-4-5-11-26(23)33-31(38)32-24-14-15-27(25(22-24)30(37)36-16-8-9-17-36)34-18-20-35(21-19-34)28-12-6-7-13-29(28)39-2/h4-7,10-15,22H,3,8-9,16-21H2,1-2H3,(H2,32,33,38). The molecule has 2 heterocycles. The van der Waals surface area contributed by atoms with E-state index in [1.807, 2.05) is 65.6 Å². The molecule has 3 aromatic rings. The zero-order chi connectivity index (χ0) is 27.2. The maximum atomic E-state index is 13.6. The zero-order valence-corrected chi connectivity index (χ0v) is 22.8. The van der Waals surface area contributed by atoms with E-state index in [-0.39, 0.29) is 11.9 Å². The predicted octanol–water partition coefficient (Wildman–Crippen LogP) is 5.46. The molecule has 0 saturated carbocycles. The molecule has 8 heteroatoms. The van der Waals surface area contributed by atoms with Crippen LogP contribution in [0.1, 0.15) is 35.7 Å². The summed E-state index contributed by atoms with van der Waals surface area (Å²) in [6.45, 7) is 6.79. The van der Waals surface area contributed by atoms with Crippen LogP contribution in [0.2, 0.25) is 0 Å². The van der Waals surface area contributed by atoms with Crippen LogP contribution in [0.25, 0.3) is 0 Å². The largest absolute Gasteiger partial charge is 0.495 e. The summed E-state index contributed by atoms with van der Waals surface area (Å²) in [4.78, 5) is 33.0. The number of aryl methyl sites for hydroxylation is 1. The summed E-state index contributed by atoms with van der Waals surface area (Å²) in [7, 11) is 1.70. The monoisotopic (exact) mass is 527 g/mol. The Bertz CT molecular complexity index is 1310. The molecule has 204 valence electrons. The topological polar surface area (TPSA) is 77.1 Å². The van der Waals surface area contributed by atoms with E-state index in [9.17, 15) is 9.59 Å². The van der Waals surface area contributed by atoms with Gasteiger partial charge < -0.3 is 30.1 Å². The fourth-order valence-corrected chi connectivity index (χ4v) is 5.47. The van der Waals surface area contributed by atoms with Gasteiger partial charge in [-0.05, 0) is 61.2 Å². The molecule has 2 aliphatic heterocycles. The number of rotatable bonds is 7. The molecule has 2 saturated heterocycles. The number of piperazine rings is 1. The van der Waals surface area contributed by atoms with Gasteiger partial charge in [-0.2, -0.15) is 0 Å². The van der Waals surface area contributed by atoms with E-state index in [1.54, 1.807) is 7.11 Å². The summed E-state index contributed by atoms with van der Waals surface area (Å²) < 4.78 is 5.57. The van der Waals surface area contributed by atoms with Crippen LogP contribution in [0.3, 0.4) is 0 Å². The average Bonchev–Trinajstić information content (AvgIpc) is 3.52. The first-order valence-corrected chi connectivity index (χ1v) is 13.8. The Morgan fingerprint density at radius 2 is 1.46 bits per heavy atom. The van der Waals surface area contributed by atoms with Gasteiger partial charge in [0.25, 0.3) is 5.91 Å². The molecule has 2 fully saturated rings. The Hall–Kier alpha value is -4.20. The van der Waals surface area contributed by atoms with Gasteiger partial charge in [-0.25, -0.2) is 4.79 Å². The van der Waals surface area contributed by atoms with E-state index in [4.69, 9.17) is 4.74 Å². The number of benzene rings is 3. The Balaban J connectivity index is 1.34. The van der Waals surface area contributed by atoms with Gasteiger partial charge in [-0.1, -0.05) is 37.3 Å². The number of nitrogens with zero attached hydrogens (tertiary/aromatic N) is 3. The first-order chi connectivity index (χ1) is 19.1. The Kier molecular flexibility index (Phi) is 8.20. The molecule has 3 aromatic carbocycles. The number of carbonyl (C=O) groups is 2. The number of carbonyl (C=O) groups excluding carboxylic acids is 2. The summed E-state index contributed by atoms with van der Waals surface area (Å²) in [6.07, 6.45) is 2.87. The first kappa shape index (κ1) is 26.4. The molecule has 0 spiro atoms. The Morgan fingerprint density at radius 1 is 0.795 bits per heavy atom. The third-order valence-corrected chi connectivity index (χ3v) is 7.57. The van der Waals surface area contributed by atoms with E-state index >= 15 is 0 Å². The maximum Gasteiger partial charge on any atom is 0.323 e. The average molecular weight is 528 g/mol. The number of para-hydroxylation sites is 3. The molecule has 2 N–H and O–H groups in total. The number of amides is 3. The van der Waals surface area contributed by atoms with Gasteiger partial charge in [-0.3, -0.25) is 4.79 Å². The van der Waals surface area contributed by atoms with Crippen LogP contribution in [-0.2, 0) is 6.42 Å².